The Bertz CT molecular complexity index is 473. The topological polar surface area (TPSA) is 81.1 Å². The van der Waals surface area contributed by atoms with Gasteiger partial charge in [-0.3, -0.25) is 4.99 Å². The first-order chi connectivity index (χ1) is 10.4. The van der Waals surface area contributed by atoms with Crippen LogP contribution in [0.25, 0.3) is 0 Å². The molecule has 1 heterocycles. The molecule has 134 valence electrons. The lowest BCUT2D eigenvalue weighted by Gasteiger charge is -2.12. The third-order valence-corrected chi connectivity index (χ3v) is 3.70. The van der Waals surface area contributed by atoms with Crippen LogP contribution in [0.2, 0.25) is 0 Å². The summed E-state index contributed by atoms with van der Waals surface area (Å²) in [5.74, 6) is 2.69. The van der Waals surface area contributed by atoms with Gasteiger partial charge in [0.25, 0.3) is 0 Å². The highest BCUT2D eigenvalue weighted by Gasteiger charge is 2.12. The van der Waals surface area contributed by atoms with Crippen LogP contribution in [0.15, 0.2) is 10.1 Å². The van der Waals surface area contributed by atoms with Crippen molar-refractivity contribution >= 4 is 41.7 Å². The van der Waals surface area contributed by atoms with Crippen LogP contribution in [0, 0.1) is 11.8 Å². The predicted octanol–water partition coefficient (Wildman–Crippen LogP) is 2.77. The number of aromatic nitrogens is 3. The molecule has 3 N–H and O–H groups in total. The zero-order chi connectivity index (χ0) is 16.5. The number of nitrogens with zero attached hydrogens (tertiary/aromatic N) is 4. The Morgan fingerprint density at radius 1 is 1.26 bits per heavy atom. The van der Waals surface area contributed by atoms with Gasteiger partial charge in [0.05, 0.1) is 0 Å². The second-order valence-corrected chi connectivity index (χ2v) is 7.03. The van der Waals surface area contributed by atoms with Crippen LogP contribution in [-0.4, -0.2) is 40.1 Å². The molecule has 0 aromatic carbocycles. The number of nitrogens with two attached hydrogens (primary N) is 1. The summed E-state index contributed by atoms with van der Waals surface area (Å²) in [6.07, 6.45) is 3.89. The molecule has 0 aliphatic rings. The summed E-state index contributed by atoms with van der Waals surface area (Å²) in [7, 11) is 0. The van der Waals surface area contributed by atoms with Gasteiger partial charge in [-0.2, -0.15) is 0 Å². The molecule has 0 saturated heterocycles. The van der Waals surface area contributed by atoms with Gasteiger partial charge >= 0.3 is 0 Å². The average molecular weight is 454 g/mol. The van der Waals surface area contributed by atoms with Crippen molar-refractivity contribution in [3.05, 3.63) is 5.82 Å². The number of aliphatic imine (C=N–C) groups is 1. The molecule has 23 heavy (non-hydrogen) atoms. The molecule has 0 atom stereocenters. The van der Waals surface area contributed by atoms with Crippen LogP contribution >= 0.6 is 35.7 Å². The average Bonchev–Trinajstić information content (AvgIpc) is 2.82. The Labute approximate surface area is 161 Å². The molecule has 0 bridgehead atoms. The van der Waals surface area contributed by atoms with Crippen molar-refractivity contribution in [1.29, 1.82) is 0 Å². The molecule has 1 rings (SSSR count). The minimum Gasteiger partial charge on any atom is -0.370 e. The van der Waals surface area contributed by atoms with Gasteiger partial charge in [-0.05, 0) is 24.5 Å². The fraction of sp³-hybridized carbons (Fsp3) is 0.800. The van der Waals surface area contributed by atoms with E-state index in [1.54, 1.807) is 11.8 Å². The van der Waals surface area contributed by atoms with Crippen molar-refractivity contribution in [1.82, 2.24) is 20.1 Å². The number of thioether (sulfide) groups is 1. The number of hydrogen-bond acceptors (Lipinski definition) is 4. The number of guanidine groups is 1. The van der Waals surface area contributed by atoms with E-state index in [0.29, 0.717) is 17.8 Å². The van der Waals surface area contributed by atoms with E-state index in [2.05, 4.69) is 52.8 Å². The van der Waals surface area contributed by atoms with Crippen molar-refractivity contribution in [2.75, 3.05) is 19.3 Å². The van der Waals surface area contributed by atoms with Gasteiger partial charge in [-0.15, -0.1) is 34.2 Å². The zero-order valence-corrected chi connectivity index (χ0v) is 18.0. The van der Waals surface area contributed by atoms with E-state index in [1.165, 1.54) is 0 Å². The molecule has 0 aliphatic carbocycles. The van der Waals surface area contributed by atoms with Crippen LogP contribution < -0.4 is 11.1 Å². The molecule has 6 nitrogen and oxygen atoms in total. The first kappa shape index (κ1) is 22.5. The number of rotatable bonds is 9. The Hall–Kier alpha value is -0.510. The molecule has 0 fully saturated rings. The third-order valence-electron chi connectivity index (χ3n) is 3.03. The van der Waals surface area contributed by atoms with Crippen molar-refractivity contribution in [2.24, 2.45) is 22.6 Å². The maximum atomic E-state index is 5.83. The van der Waals surface area contributed by atoms with E-state index in [9.17, 15) is 0 Å². The maximum absolute atomic E-state index is 5.83. The Morgan fingerprint density at radius 2 is 1.96 bits per heavy atom. The summed E-state index contributed by atoms with van der Waals surface area (Å²) in [4.78, 5) is 4.29. The summed E-state index contributed by atoms with van der Waals surface area (Å²) < 4.78 is 2.23. The fourth-order valence-electron chi connectivity index (χ4n) is 2.00. The van der Waals surface area contributed by atoms with Crippen molar-refractivity contribution in [3.8, 4) is 0 Å². The van der Waals surface area contributed by atoms with Crippen LogP contribution in [0.5, 0.6) is 0 Å². The van der Waals surface area contributed by atoms with Gasteiger partial charge < -0.3 is 15.6 Å². The molecule has 1 aromatic heterocycles. The highest BCUT2D eigenvalue weighted by Crippen LogP contribution is 2.16. The number of nitrogens with one attached hydrogen (secondary N) is 1. The van der Waals surface area contributed by atoms with Gasteiger partial charge in [0.15, 0.2) is 11.1 Å². The Balaban J connectivity index is 0.00000484. The first-order valence-corrected chi connectivity index (χ1v) is 9.16. The minimum atomic E-state index is 0. The Kier molecular flexibility index (Phi) is 11.7. The number of hydrogen-bond donors (Lipinski definition) is 2. The molecular weight excluding hydrogens is 423 g/mol. The van der Waals surface area contributed by atoms with Gasteiger partial charge in [-0.1, -0.05) is 39.5 Å². The molecule has 0 spiro atoms. The highest BCUT2D eigenvalue weighted by atomic mass is 127. The lowest BCUT2D eigenvalue weighted by molar-refractivity contribution is 0.477. The van der Waals surface area contributed by atoms with Crippen LogP contribution in [0.4, 0.5) is 0 Å². The number of aryl methyl sites for hydroxylation is 1. The summed E-state index contributed by atoms with van der Waals surface area (Å²) in [5.41, 5.74) is 5.83. The van der Waals surface area contributed by atoms with Crippen molar-refractivity contribution < 1.29 is 0 Å². The molecule has 1 aromatic rings. The minimum absolute atomic E-state index is 0. The summed E-state index contributed by atoms with van der Waals surface area (Å²) in [5, 5.41) is 12.7. The van der Waals surface area contributed by atoms with Gasteiger partial charge in [0.2, 0.25) is 0 Å². The fourth-order valence-corrected chi connectivity index (χ4v) is 2.53. The smallest absolute Gasteiger partial charge is 0.190 e. The molecule has 0 unspecified atom stereocenters. The summed E-state index contributed by atoms with van der Waals surface area (Å²) >= 11 is 1.65. The van der Waals surface area contributed by atoms with E-state index in [4.69, 9.17) is 5.73 Å². The number of halogens is 1. The van der Waals surface area contributed by atoms with Crippen LogP contribution in [0.3, 0.4) is 0 Å². The molecule has 0 aliphatic heterocycles. The van der Waals surface area contributed by atoms with E-state index in [0.717, 1.165) is 43.5 Å². The second-order valence-electron chi connectivity index (χ2n) is 6.26. The van der Waals surface area contributed by atoms with Crippen molar-refractivity contribution in [3.63, 3.8) is 0 Å². The standard InChI is InChI=1S/C15H30N6S.HI/c1-11(2)9-18-14(16)17-8-6-7-13-19-20-15(22-5)21(13)10-12(3)4;/h11-12H,6-10H2,1-5H3,(H3,16,17,18);1H. The lowest BCUT2D eigenvalue weighted by Crippen LogP contribution is -2.33. The second kappa shape index (κ2) is 11.9. The van der Waals surface area contributed by atoms with Crippen molar-refractivity contribution in [2.45, 2.75) is 52.2 Å². The van der Waals surface area contributed by atoms with E-state index >= 15 is 0 Å². The highest BCUT2D eigenvalue weighted by molar-refractivity contribution is 14.0. The quantitative estimate of drug-likeness (QED) is 0.197. The predicted molar refractivity (Wildman–Crippen MR) is 110 cm³/mol. The molecular formula is C15H31IN6S. The normalized spacial score (nSPS) is 11.9. The monoisotopic (exact) mass is 454 g/mol. The molecule has 0 saturated carbocycles. The summed E-state index contributed by atoms with van der Waals surface area (Å²) in [6.45, 7) is 11.2. The van der Waals surface area contributed by atoms with Crippen LogP contribution in [-0.2, 0) is 13.0 Å². The first-order valence-electron chi connectivity index (χ1n) is 7.93. The van der Waals surface area contributed by atoms with E-state index in [1.807, 2.05) is 6.26 Å². The SMILES string of the molecule is CSc1nnc(CCCNC(N)=NCC(C)C)n1CC(C)C.I. The summed E-state index contributed by atoms with van der Waals surface area (Å²) in [6, 6.07) is 0. The lowest BCUT2D eigenvalue weighted by atomic mass is 10.2. The van der Waals surface area contributed by atoms with E-state index in [-0.39, 0.29) is 24.0 Å². The zero-order valence-electron chi connectivity index (χ0n) is 14.9. The molecule has 8 heteroatoms. The van der Waals surface area contributed by atoms with Gasteiger partial charge in [-0.25, -0.2) is 0 Å². The van der Waals surface area contributed by atoms with E-state index < -0.39 is 0 Å². The molecule has 0 amide bonds. The van der Waals surface area contributed by atoms with Gasteiger partial charge in [0, 0.05) is 26.1 Å². The largest absolute Gasteiger partial charge is 0.370 e. The Morgan fingerprint density at radius 3 is 2.52 bits per heavy atom. The third kappa shape index (κ3) is 8.78. The molecule has 0 radical (unpaired) electrons. The van der Waals surface area contributed by atoms with Gasteiger partial charge in [0.1, 0.15) is 5.82 Å². The maximum Gasteiger partial charge on any atom is 0.190 e. The van der Waals surface area contributed by atoms with Crippen LogP contribution in [0.1, 0.15) is 39.9 Å².